The summed E-state index contributed by atoms with van der Waals surface area (Å²) in [6.45, 7) is 2.36. The molecule has 0 atom stereocenters. The van der Waals surface area contributed by atoms with Crippen LogP contribution in [0.1, 0.15) is 17.3 Å². The molecule has 3 aromatic rings. The van der Waals surface area contributed by atoms with Crippen LogP contribution in [-0.4, -0.2) is 17.7 Å². The summed E-state index contributed by atoms with van der Waals surface area (Å²) >= 11 is 0. The highest BCUT2D eigenvalue weighted by Crippen LogP contribution is 2.23. The summed E-state index contributed by atoms with van der Waals surface area (Å²) in [4.78, 5) is 12.4. The van der Waals surface area contributed by atoms with Gasteiger partial charge in [-0.2, -0.15) is 0 Å². The van der Waals surface area contributed by atoms with Crippen LogP contribution in [0.25, 0.3) is 11.3 Å². The maximum absolute atomic E-state index is 12.4. The molecular weight excluding hydrogens is 292 g/mol. The molecule has 0 saturated carbocycles. The van der Waals surface area contributed by atoms with E-state index in [2.05, 4.69) is 10.5 Å². The molecule has 116 valence electrons. The van der Waals surface area contributed by atoms with E-state index >= 15 is 0 Å². The van der Waals surface area contributed by atoms with E-state index < -0.39 is 0 Å². The zero-order chi connectivity index (χ0) is 16.1. The van der Waals surface area contributed by atoms with Crippen molar-refractivity contribution in [3.05, 3.63) is 66.2 Å². The van der Waals surface area contributed by atoms with Crippen molar-refractivity contribution in [1.82, 2.24) is 5.16 Å². The predicted octanol–water partition coefficient (Wildman–Crippen LogP) is 3.99. The maximum atomic E-state index is 12.4. The van der Waals surface area contributed by atoms with Crippen molar-refractivity contribution >= 4 is 11.8 Å². The molecule has 23 heavy (non-hydrogen) atoms. The third-order valence-corrected chi connectivity index (χ3v) is 3.25. The lowest BCUT2D eigenvalue weighted by Crippen LogP contribution is -2.13. The van der Waals surface area contributed by atoms with E-state index in [0.717, 1.165) is 5.56 Å². The van der Waals surface area contributed by atoms with Gasteiger partial charge in [-0.15, -0.1) is 0 Å². The zero-order valence-electron chi connectivity index (χ0n) is 12.7. The van der Waals surface area contributed by atoms with Crippen LogP contribution in [0, 0.1) is 0 Å². The van der Waals surface area contributed by atoms with E-state index in [1.54, 1.807) is 24.3 Å². The summed E-state index contributed by atoms with van der Waals surface area (Å²) in [5, 5.41) is 6.67. The summed E-state index contributed by atoms with van der Waals surface area (Å²) in [6, 6.07) is 18.4. The number of rotatable bonds is 5. The first kappa shape index (κ1) is 14.8. The van der Waals surface area contributed by atoms with Crippen molar-refractivity contribution in [2.24, 2.45) is 0 Å². The van der Waals surface area contributed by atoms with Gasteiger partial charge in [0.2, 0.25) is 5.88 Å². The predicted molar refractivity (Wildman–Crippen MR) is 87.5 cm³/mol. The Kier molecular flexibility index (Phi) is 4.38. The second-order valence-electron chi connectivity index (χ2n) is 4.83. The lowest BCUT2D eigenvalue weighted by Gasteiger charge is -2.08. The summed E-state index contributed by atoms with van der Waals surface area (Å²) in [5.41, 5.74) is 2.04. The Morgan fingerprint density at radius 3 is 2.65 bits per heavy atom. The van der Waals surface area contributed by atoms with Crippen molar-refractivity contribution < 1.29 is 14.1 Å². The van der Waals surface area contributed by atoms with Crippen LogP contribution in [-0.2, 0) is 0 Å². The molecule has 2 aromatic carbocycles. The molecule has 0 aliphatic carbocycles. The van der Waals surface area contributed by atoms with Gasteiger partial charge in [-0.05, 0) is 19.1 Å². The van der Waals surface area contributed by atoms with Crippen molar-refractivity contribution in [1.29, 1.82) is 0 Å². The lowest BCUT2D eigenvalue weighted by atomic mass is 10.1. The molecule has 1 heterocycles. The quantitative estimate of drug-likeness (QED) is 0.774. The van der Waals surface area contributed by atoms with Crippen molar-refractivity contribution in [2.45, 2.75) is 6.92 Å². The number of nitrogens with one attached hydrogen (secondary N) is 1. The average molecular weight is 308 g/mol. The molecule has 0 radical (unpaired) electrons. The molecule has 1 N–H and O–H groups in total. The average Bonchev–Trinajstić information content (AvgIpc) is 3.05. The number of amides is 1. The van der Waals surface area contributed by atoms with Crippen molar-refractivity contribution in [2.75, 3.05) is 11.9 Å². The molecule has 0 fully saturated rings. The number of hydrogen-bond acceptors (Lipinski definition) is 4. The highest BCUT2D eigenvalue weighted by atomic mass is 16.5. The Morgan fingerprint density at radius 2 is 1.87 bits per heavy atom. The standard InChI is InChI=1S/C18H16N2O3/c1-2-22-16-11-7-6-10-14(16)18(21)19-17-12-15(20-23-17)13-8-4-3-5-9-13/h3-12H,2H2,1H3,(H,19,21). The minimum Gasteiger partial charge on any atom is -0.493 e. The van der Waals surface area contributed by atoms with Gasteiger partial charge >= 0.3 is 0 Å². The molecule has 3 rings (SSSR count). The number of benzene rings is 2. The first-order valence-corrected chi connectivity index (χ1v) is 7.33. The van der Waals surface area contributed by atoms with Crippen LogP contribution in [0.4, 0.5) is 5.88 Å². The Labute approximate surface area is 133 Å². The van der Waals surface area contributed by atoms with E-state index in [0.29, 0.717) is 29.5 Å². The molecule has 0 saturated heterocycles. The largest absolute Gasteiger partial charge is 0.493 e. The Morgan fingerprint density at radius 1 is 1.13 bits per heavy atom. The monoisotopic (exact) mass is 308 g/mol. The molecule has 1 aromatic heterocycles. The fourth-order valence-electron chi connectivity index (χ4n) is 2.19. The Hall–Kier alpha value is -3.08. The summed E-state index contributed by atoms with van der Waals surface area (Å²) in [6.07, 6.45) is 0. The number of anilines is 1. The first-order chi connectivity index (χ1) is 11.3. The number of ether oxygens (including phenoxy) is 1. The molecule has 0 unspecified atom stereocenters. The number of nitrogens with zero attached hydrogens (tertiary/aromatic N) is 1. The molecule has 0 aliphatic rings. The normalized spacial score (nSPS) is 10.3. The van der Waals surface area contributed by atoms with Crippen LogP contribution in [0.15, 0.2) is 65.2 Å². The smallest absolute Gasteiger partial charge is 0.261 e. The third-order valence-electron chi connectivity index (χ3n) is 3.25. The van der Waals surface area contributed by atoms with Gasteiger partial charge in [-0.1, -0.05) is 47.6 Å². The minimum absolute atomic E-state index is 0.292. The van der Waals surface area contributed by atoms with E-state index in [9.17, 15) is 4.79 Å². The van der Waals surface area contributed by atoms with Crippen LogP contribution < -0.4 is 10.1 Å². The number of hydrogen-bond donors (Lipinski definition) is 1. The van der Waals surface area contributed by atoms with Crippen LogP contribution in [0.5, 0.6) is 5.75 Å². The van der Waals surface area contributed by atoms with Gasteiger partial charge in [-0.3, -0.25) is 10.1 Å². The van der Waals surface area contributed by atoms with Gasteiger partial charge in [0.25, 0.3) is 5.91 Å². The highest BCUT2D eigenvalue weighted by molar-refractivity contribution is 6.05. The van der Waals surface area contributed by atoms with Crippen molar-refractivity contribution in [3.63, 3.8) is 0 Å². The maximum Gasteiger partial charge on any atom is 0.261 e. The molecule has 0 spiro atoms. The van der Waals surface area contributed by atoms with E-state index in [-0.39, 0.29) is 5.91 Å². The SMILES string of the molecule is CCOc1ccccc1C(=O)Nc1cc(-c2ccccc2)no1. The highest BCUT2D eigenvalue weighted by Gasteiger charge is 2.15. The first-order valence-electron chi connectivity index (χ1n) is 7.33. The van der Waals surface area contributed by atoms with Crippen LogP contribution >= 0.6 is 0 Å². The van der Waals surface area contributed by atoms with E-state index in [1.165, 1.54) is 0 Å². The minimum atomic E-state index is -0.301. The second-order valence-corrected chi connectivity index (χ2v) is 4.83. The molecule has 0 bridgehead atoms. The van der Waals surface area contributed by atoms with E-state index in [1.807, 2.05) is 43.3 Å². The van der Waals surface area contributed by atoms with Crippen LogP contribution in [0.3, 0.4) is 0 Å². The molecular formula is C18H16N2O3. The second kappa shape index (κ2) is 6.79. The van der Waals surface area contributed by atoms with Gasteiger partial charge in [0, 0.05) is 11.6 Å². The summed E-state index contributed by atoms with van der Waals surface area (Å²) in [7, 11) is 0. The molecule has 0 aliphatic heterocycles. The van der Waals surface area contributed by atoms with Gasteiger partial charge in [0.05, 0.1) is 12.2 Å². The molecule has 5 nitrogen and oxygen atoms in total. The van der Waals surface area contributed by atoms with Crippen molar-refractivity contribution in [3.8, 4) is 17.0 Å². The fraction of sp³-hybridized carbons (Fsp3) is 0.111. The Bertz CT molecular complexity index is 797. The number of carbonyl (C=O) groups excluding carboxylic acids is 1. The van der Waals surface area contributed by atoms with Gasteiger partial charge < -0.3 is 9.26 Å². The zero-order valence-corrected chi connectivity index (χ0v) is 12.7. The number of aromatic nitrogens is 1. The van der Waals surface area contributed by atoms with E-state index in [4.69, 9.17) is 9.26 Å². The molecule has 1 amide bonds. The molecule has 5 heteroatoms. The summed E-state index contributed by atoms with van der Waals surface area (Å²) < 4.78 is 10.7. The summed E-state index contributed by atoms with van der Waals surface area (Å²) in [5.74, 6) is 0.528. The number of carbonyl (C=O) groups is 1. The van der Waals surface area contributed by atoms with Gasteiger partial charge in [0.1, 0.15) is 11.4 Å². The third kappa shape index (κ3) is 3.40. The lowest BCUT2D eigenvalue weighted by molar-refractivity contribution is 0.102. The van der Waals surface area contributed by atoms with Gasteiger partial charge in [0.15, 0.2) is 0 Å². The van der Waals surface area contributed by atoms with Gasteiger partial charge in [-0.25, -0.2) is 0 Å². The topological polar surface area (TPSA) is 64.4 Å². The number of para-hydroxylation sites is 1. The fourth-order valence-corrected chi connectivity index (χ4v) is 2.19. The van der Waals surface area contributed by atoms with Crippen LogP contribution in [0.2, 0.25) is 0 Å². The Balaban J connectivity index is 1.78.